The molecule has 150 valence electrons. The van der Waals surface area contributed by atoms with E-state index >= 15 is 0 Å². The van der Waals surface area contributed by atoms with Crippen molar-refractivity contribution in [2.45, 2.75) is 17.9 Å². The van der Waals surface area contributed by atoms with E-state index in [1.54, 1.807) is 60.7 Å². The van der Waals surface area contributed by atoms with E-state index in [0.29, 0.717) is 11.3 Å². The monoisotopic (exact) mass is 409 g/mol. The third kappa shape index (κ3) is 4.30. The molecule has 1 heterocycles. The zero-order chi connectivity index (χ0) is 21.0. The minimum Gasteiger partial charge on any atom is -0.335 e. The molecule has 3 rings (SSSR count). The molecule has 0 N–H and O–H groups in total. The van der Waals surface area contributed by atoms with Crippen molar-refractivity contribution in [1.29, 1.82) is 0 Å². The summed E-state index contributed by atoms with van der Waals surface area (Å²) in [4.78, 5) is 18.6. The van der Waals surface area contributed by atoms with Gasteiger partial charge in [0, 0.05) is 32.1 Å². The van der Waals surface area contributed by atoms with Crippen LogP contribution in [0.15, 0.2) is 84.0 Å². The second-order valence-electron chi connectivity index (χ2n) is 6.71. The smallest absolute Gasteiger partial charge is 0.264 e. The fourth-order valence-electron chi connectivity index (χ4n) is 2.97. The number of hydrogen-bond acceptors (Lipinski definition) is 4. The van der Waals surface area contributed by atoms with Gasteiger partial charge < -0.3 is 4.90 Å². The molecule has 1 unspecified atom stereocenters. The van der Waals surface area contributed by atoms with Gasteiger partial charge in [-0.3, -0.25) is 14.1 Å². The van der Waals surface area contributed by atoms with Gasteiger partial charge in [-0.25, -0.2) is 8.42 Å². The lowest BCUT2D eigenvalue weighted by molar-refractivity contribution is 0.0742. The van der Waals surface area contributed by atoms with Crippen LogP contribution in [0, 0.1) is 0 Å². The largest absolute Gasteiger partial charge is 0.335 e. The van der Waals surface area contributed by atoms with Gasteiger partial charge in [-0.1, -0.05) is 24.3 Å². The van der Waals surface area contributed by atoms with Crippen LogP contribution in [0.5, 0.6) is 0 Å². The molecule has 29 heavy (non-hydrogen) atoms. The Balaban J connectivity index is 1.88. The van der Waals surface area contributed by atoms with E-state index in [9.17, 15) is 13.2 Å². The standard InChI is InChI=1S/C22H23N3O3S/c1-17(18-12-14-23-15-13-18)24(2)22(26)19-8-7-11-21(16-19)29(27,28)25(3)20-9-5-4-6-10-20/h4-17H,1-3H3. The fraction of sp³-hybridized carbons (Fsp3) is 0.182. The van der Waals surface area contributed by atoms with Crippen LogP contribution in [0.1, 0.15) is 28.9 Å². The number of carbonyl (C=O) groups is 1. The van der Waals surface area contributed by atoms with E-state index in [2.05, 4.69) is 4.98 Å². The van der Waals surface area contributed by atoms with Crippen molar-refractivity contribution >= 4 is 21.6 Å². The third-order valence-corrected chi connectivity index (χ3v) is 6.73. The minimum absolute atomic E-state index is 0.0691. The maximum absolute atomic E-state index is 13.0. The maximum atomic E-state index is 13.0. The third-order valence-electron chi connectivity index (χ3n) is 4.95. The Morgan fingerprint density at radius 2 is 1.59 bits per heavy atom. The van der Waals surface area contributed by atoms with Crippen LogP contribution in [0.2, 0.25) is 0 Å². The van der Waals surface area contributed by atoms with Gasteiger partial charge in [-0.2, -0.15) is 0 Å². The first-order valence-electron chi connectivity index (χ1n) is 9.13. The van der Waals surface area contributed by atoms with E-state index in [1.807, 2.05) is 25.1 Å². The van der Waals surface area contributed by atoms with Crippen molar-refractivity contribution in [2.24, 2.45) is 0 Å². The van der Waals surface area contributed by atoms with Gasteiger partial charge in [0.25, 0.3) is 15.9 Å². The summed E-state index contributed by atoms with van der Waals surface area (Å²) in [5.41, 5.74) is 1.81. The molecule has 6 nitrogen and oxygen atoms in total. The first-order chi connectivity index (χ1) is 13.8. The average molecular weight is 410 g/mol. The summed E-state index contributed by atoms with van der Waals surface area (Å²) in [5, 5.41) is 0. The number of hydrogen-bond donors (Lipinski definition) is 0. The van der Waals surface area contributed by atoms with Crippen LogP contribution in [-0.4, -0.2) is 38.3 Å². The van der Waals surface area contributed by atoms with Gasteiger partial charge in [-0.15, -0.1) is 0 Å². The molecule has 0 saturated carbocycles. The summed E-state index contributed by atoms with van der Waals surface area (Å²) in [7, 11) is -0.596. The molecule has 0 bridgehead atoms. The predicted molar refractivity (Wildman–Crippen MR) is 113 cm³/mol. The number of para-hydroxylation sites is 1. The van der Waals surface area contributed by atoms with Gasteiger partial charge in [0.15, 0.2) is 0 Å². The first-order valence-corrected chi connectivity index (χ1v) is 10.6. The van der Waals surface area contributed by atoms with Gasteiger partial charge >= 0.3 is 0 Å². The highest BCUT2D eigenvalue weighted by atomic mass is 32.2. The molecule has 0 fully saturated rings. The summed E-state index contributed by atoms with van der Waals surface area (Å²) in [6, 6.07) is 18.5. The molecule has 1 atom stereocenters. The van der Waals surface area contributed by atoms with Gasteiger partial charge in [0.1, 0.15) is 0 Å². The molecule has 7 heteroatoms. The topological polar surface area (TPSA) is 70.6 Å². The summed E-state index contributed by atoms with van der Waals surface area (Å²) in [6.45, 7) is 1.91. The molecule has 0 saturated heterocycles. The van der Waals surface area contributed by atoms with Crippen LogP contribution in [0.4, 0.5) is 5.69 Å². The van der Waals surface area contributed by atoms with Crippen LogP contribution in [0.3, 0.4) is 0 Å². The first kappa shape index (κ1) is 20.5. The maximum Gasteiger partial charge on any atom is 0.264 e. The van der Waals surface area contributed by atoms with E-state index < -0.39 is 10.0 Å². The fourth-order valence-corrected chi connectivity index (χ4v) is 4.21. The van der Waals surface area contributed by atoms with Crippen molar-refractivity contribution in [3.63, 3.8) is 0 Å². The number of anilines is 1. The van der Waals surface area contributed by atoms with Crippen molar-refractivity contribution in [3.05, 3.63) is 90.3 Å². The quantitative estimate of drug-likeness (QED) is 0.622. The molecule has 0 spiro atoms. The summed E-state index contributed by atoms with van der Waals surface area (Å²) < 4.78 is 27.3. The van der Waals surface area contributed by atoms with E-state index in [1.165, 1.54) is 23.5 Å². The number of sulfonamides is 1. The normalized spacial score (nSPS) is 12.2. The number of pyridine rings is 1. The molecule has 3 aromatic rings. The second kappa shape index (κ2) is 8.45. The molecule has 1 aromatic heterocycles. The van der Waals surface area contributed by atoms with E-state index in [4.69, 9.17) is 0 Å². The molecular weight excluding hydrogens is 386 g/mol. The van der Waals surface area contributed by atoms with Crippen molar-refractivity contribution in [1.82, 2.24) is 9.88 Å². The summed E-state index contributed by atoms with van der Waals surface area (Å²) >= 11 is 0. The lowest BCUT2D eigenvalue weighted by Gasteiger charge is -2.26. The highest BCUT2D eigenvalue weighted by Crippen LogP contribution is 2.24. The van der Waals surface area contributed by atoms with Gasteiger partial charge in [0.05, 0.1) is 16.6 Å². The Bertz CT molecular complexity index is 1090. The number of rotatable bonds is 6. The molecule has 2 aromatic carbocycles. The lowest BCUT2D eigenvalue weighted by Crippen LogP contribution is -2.30. The van der Waals surface area contributed by atoms with Crippen LogP contribution in [-0.2, 0) is 10.0 Å². The lowest BCUT2D eigenvalue weighted by atomic mass is 10.1. The van der Waals surface area contributed by atoms with Crippen molar-refractivity contribution < 1.29 is 13.2 Å². The average Bonchev–Trinajstić information content (AvgIpc) is 2.78. The molecule has 0 aliphatic heterocycles. The number of amides is 1. The van der Waals surface area contributed by atoms with E-state index in [0.717, 1.165) is 5.56 Å². The Morgan fingerprint density at radius 3 is 2.24 bits per heavy atom. The van der Waals surface area contributed by atoms with Gasteiger partial charge in [0.2, 0.25) is 0 Å². The molecular formula is C22H23N3O3S. The number of nitrogens with zero attached hydrogens (tertiary/aromatic N) is 3. The van der Waals surface area contributed by atoms with Crippen LogP contribution in [0.25, 0.3) is 0 Å². The molecule has 0 aliphatic carbocycles. The highest BCUT2D eigenvalue weighted by Gasteiger charge is 2.24. The highest BCUT2D eigenvalue weighted by molar-refractivity contribution is 7.92. The van der Waals surface area contributed by atoms with Crippen LogP contribution < -0.4 is 4.31 Å². The minimum atomic E-state index is -3.79. The van der Waals surface area contributed by atoms with Crippen molar-refractivity contribution in [2.75, 3.05) is 18.4 Å². The predicted octanol–water partition coefficient (Wildman–Crippen LogP) is 3.74. The summed E-state index contributed by atoms with van der Waals surface area (Å²) in [6.07, 6.45) is 3.35. The zero-order valence-corrected chi connectivity index (χ0v) is 17.4. The van der Waals surface area contributed by atoms with E-state index in [-0.39, 0.29) is 16.8 Å². The molecule has 0 radical (unpaired) electrons. The number of aromatic nitrogens is 1. The Labute approximate surface area is 171 Å². The van der Waals surface area contributed by atoms with Crippen molar-refractivity contribution in [3.8, 4) is 0 Å². The van der Waals surface area contributed by atoms with Crippen LogP contribution >= 0.6 is 0 Å². The Kier molecular flexibility index (Phi) is 5.98. The molecule has 0 aliphatic rings. The molecule has 1 amide bonds. The second-order valence-corrected chi connectivity index (χ2v) is 8.68. The zero-order valence-electron chi connectivity index (χ0n) is 16.6. The SMILES string of the molecule is CC(c1ccncc1)N(C)C(=O)c1cccc(S(=O)(=O)N(C)c2ccccc2)c1. The Hall–Kier alpha value is -3.19. The number of benzene rings is 2. The van der Waals surface area contributed by atoms with Gasteiger partial charge in [-0.05, 0) is 55.0 Å². The number of carbonyl (C=O) groups excluding carboxylic acids is 1. The summed E-state index contributed by atoms with van der Waals surface area (Å²) in [5.74, 6) is -0.256. The Morgan fingerprint density at radius 1 is 0.931 bits per heavy atom.